The highest BCUT2D eigenvalue weighted by Crippen LogP contribution is 2.55. The quantitative estimate of drug-likeness (QED) is 0.633. The van der Waals surface area contributed by atoms with E-state index in [1.54, 1.807) is 6.92 Å². The van der Waals surface area contributed by atoms with Crippen molar-refractivity contribution >= 4 is 34.8 Å². The molecule has 4 aliphatic carbocycles. The van der Waals surface area contributed by atoms with Crippen molar-refractivity contribution in [1.29, 1.82) is 0 Å². The van der Waals surface area contributed by atoms with Crippen LogP contribution in [0.2, 0.25) is 0 Å². The second kappa shape index (κ2) is 9.40. The SMILES string of the molecule is CC(=O)N1CCN(c2ccc(N3CCN(C(=O)NC4[C@@H]5CC6C[C@H]4CC(O)(C6)C5)c4ccccc43)nc2)CC1. The zero-order chi connectivity index (χ0) is 26.7. The molecule has 4 saturated carbocycles. The summed E-state index contributed by atoms with van der Waals surface area (Å²) in [5.41, 5.74) is 2.44. The van der Waals surface area contributed by atoms with E-state index in [0.29, 0.717) is 30.8 Å². The molecule has 6 aliphatic rings. The normalized spacial score (nSPS) is 31.3. The fourth-order valence-corrected chi connectivity index (χ4v) is 8.25. The summed E-state index contributed by atoms with van der Waals surface area (Å²) in [5, 5.41) is 14.4. The van der Waals surface area contributed by atoms with Gasteiger partial charge in [0.2, 0.25) is 5.91 Å². The maximum absolute atomic E-state index is 13.6. The van der Waals surface area contributed by atoms with E-state index in [2.05, 4.69) is 33.3 Å². The summed E-state index contributed by atoms with van der Waals surface area (Å²) in [6, 6.07) is 12.4. The van der Waals surface area contributed by atoms with Crippen LogP contribution >= 0.6 is 0 Å². The van der Waals surface area contributed by atoms with Gasteiger partial charge in [-0.2, -0.15) is 0 Å². The van der Waals surface area contributed by atoms with E-state index in [0.717, 1.165) is 81.2 Å². The molecule has 3 amide bonds. The number of piperazine rings is 1. The number of carbonyl (C=O) groups is 2. The topological polar surface area (TPSA) is 92.3 Å². The predicted octanol–water partition coefficient (Wildman–Crippen LogP) is 3.36. The fourth-order valence-electron chi connectivity index (χ4n) is 8.25. The van der Waals surface area contributed by atoms with Crippen LogP contribution in [0.15, 0.2) is 42.6 Å². The molecule has 0 spiro atoms. The molecule has 1 aromatic heterocycles. The summed E-state index contributed by atoms with van der Waals surface area (Å²) < 4.78 is 0. The highest BCUT2D eigenvalue weighted by Gasteiger charge is 2.55. The first-order valence-electron chi connectivity index (χ1n) is 14.5. The van der Waals surface area contributed by atoms with Crippen molar-refractivity contribution in [3.05, 3.63) is 42.6 Å². The number of hydrogen-bond acceptors (Lipinski definition) is 6. The van der Waals surface area contributed by atoms with Crippen molar-refractivity contribution in [3.8, 4) is 0 Å². The van der Waals surface area contributed by atoms with Crippen LogP contribution in [-0.4, -0.2) is 77.8 Å². The van der Waals surface area contributed by atoms with Crippen LogP contribution in [0.3, 0.4) is 0 Å². The van der Waals surface area contributed by atoms with Gasteiger partial charge < -0.3 is 25.1 Å². The van der Waals surface area contributed by atoms with Crippen LogP contribution in [0.25, 0.3) is 0 Å². The third-order valence-electron chi connectivity index (χ3n) is 9.89. The highest BCUT2D eigenvalue weighted by molar-refractivity contribution is 5.98. The average molecular weight is 531 g/mol. The van der Waals surface area contributed by atoms with Gasteiger partial charge in [-0.15, -0.1) is 0 Å². The van der Waals surface area contributed by atoms with E-state index in [1.807, 2.05) is 34.2 Å². The number of urea groups is 1. The lowest BCUT2D eigenvalue weighted by molar-refractivity contribution is -0.136. The van der Waals surface area contributed by atoms with Crippen LogP contribution in [0, 0.1) is 17.8 Å². The number of anilines is 4. The van der Waals surface area contributed by atoms with Crippen LogP contribution in [0.1, 0.15) is 39.0 Å². The Morgan fingerprint density at radius 1 is 0.923 bits per heavy atom. The predicted molar refractivity (Wildman–Crippen MR) is 150 cm³/mol. The Kier molecular flexibility index (Phi) is 5.95. The molecule has 1 saturated heterocycles. The maximum atomic E-state index is 13.6. The molecule has 206 valence electrons. The van der Waals surface area contributed by atoms with Gasteiger partial charge in [-0.05, 0) is 74.1 Å². The number of nitrogens with zero attached hydrogens (tertiary/aromatic N) is 5. The Labute approximate surface area is 229 Å². The van der Waals surface area contributed by atoms with Gasteiger partial charge in [0.25, 0.3) is 0 Å². The molecule has 2 N–H and O–H groups in total. The van der Waals surface area contributed by atoms with Crippen molar-refractivity contribution in [3.63, 3.8) is 0 Å². The first kappa shape index (κ1) is 24.7. The first-order chi connectivity index (χ1) is 18.9. The van der Waals surface area contributed by atoms with E-state index in [4.69, 9.17) is 4.98 Å². The molecule has 5 atom stereocenters. The molecule has 5 fully saturated rings. The maximum Gasteiger partial charge on any atom is 0.322 e. The summed E-state index contributed by atoms with van der Waals surface area (Å²) in [6.07, 6.45) is 6.76. The van der Waals surface area contributed by atoms with Gasteiger partial charge in [-0.25, -0.2) is 9.78 Å². The number of hydrogen-bond donors (Lipinski definition) is 2. The van der Waals surface area contributed by atoms with Crippen molar-refractivity contribution < 1.29 is 14.7 Å². The van der Waals surface area contributed by atoms with E-state index < -0.39 is 5.60 Å². The van der Waals surface area contributed by atoms with Gasteiger partial charge in [0.15, 0.2) is 0 Å². The Bertz CT molecular complexity index is 1240. The van der Waals surface area contributed by atoms with Gasteiger partial charge in [0.1, 0.15) is 5.82 Å². The Balaban J connectivity index is 1.05. The van der Waals surface area contributed by atoms with Gasteiger partial charge in [0, 0.05) is 52.2 Å². The van der Waals surface area contributed by atoms with Crippen molar-refractivity contribution in [1.82, 2.24) is 15.2 Å². The Morgan fingerprint density at radius 3 is 2.28 bits per heavy atom. The number of amides is 3. The summed E-state index contributed by atoms with van der Waals surface area (Å²) in [7, 11) is 0. The molecule has 2 aromatic rings. The van der Waals surface area contributed by atoms with Crippen molar-refractivity contribution in [2.75, 3.05) is 54.0 Å². The van der Waals surface area contributed by atoms with Gasteiger partial charge >= 0.3 is 6.03 Å². The van der Waals surface area contributed by atoms with E-state index in [9.17, 15) is 14.7 Å². The Hall–Kier alpha value is -3.33. The van der Waals surface area contributed by atoms with Crippen molar-refractivity contribution in [2.24, 2.45) is 17.8 Å². The third-order valence-corrected chi connectivity index (χ3v) is 9.89. The smallest absolute Gasteiger partial charge is 0.322 e. The monoisotopic (exact) mass is 530 g/mol. The summed E-state index contributed by atoms with van der Waals surface area (Å²) in [4.78, 5) is 38.3. The van der Waals surface area contributed by atoms with Crippen LogP contribution in [0.4, 0.5) is 27.7 Å². The van der Waals surface area contributed by atoms with Crippen LogP contribution in [0.5, 0.6) is 0 Å². The number of para-hydroxylation sites is 2. The lowest BCUT2D eigenvalue weighted by Gasteiger charge is -2.58. The van der Waals surface area contributed by atoms with Crippen molar-refractivity contribution in [2.45, 2.75) is 50.7 Å². The summed E-state index contributed by atoms with van der Waals surface area (Å²) >= 11 is 0. The largest absolute Gasteiger partial charge is 0.390 e. The number of fused-ring (bicyclic) bond motifs is 1. The highest BCUT2D eigenvalue weighted by atomic mass is 16.3. The molecule has 1 aromatic carbocycles. The number of aliphatic hydroxyl groups is 1. The minimum Gasteiger partial charge on any atom is -0.390 e. The number of nitrogens with one attached hydrogen (secondary N) is 1. The summed E-state index contributed by atoms with van der Waals surface area (Å²) in [5.74, 6) is 2.38. The van der Waals surface area contributed by atoms with Crippen LogP contribution in [-0.2, 0) is 4.79 Å². The zero-order valence-electron chi connectivity index (χ0n) is 22.6. The lowest BCUT2D eigenvalue weighted by Crippen LogP contribution is -2.63. The third kappa shape index (κ3) is 4.40. The molecular weight excluding hydrogens is 492 g/mol. The molecule has 9 heteroatoms. The minimum atomic E-state index is -0.499. The molecule has 9 nitrogen and oxygen atoms in total. The van der Waals surface area contributed by atoms with E-state index in [1.165, 1.54) is 0 Å². The second-order valence-corrected chi connectivity index (χ2v) is 12.3. The number of aromatic nitrogens is 1. The lowest BCUT2D eigenvalue weighted by atomic mass is 9.52. The number of pyridine rings is 1. The zero-order valence-corrected chi connectivity index (χ0v) is 22.6. The van der Waals surface area contributed by atoms with E-state index >= 15 is 0 Å². The minimum absolute atomic E-state index is 0.0282. The molecule has 39 heavy (non-hydrogen) atoms. The fraction of sp³-hybridized carbons (Fsp3) is 0.567. The van der Waals surface area contributed by atoms with Gasteiger partial charge in [-0.1, -0.05) is 12.1 Å². The first-order valence-corrected chi connectivity index (χ1v) is 14.5. The molecule has 8 rings (SSSR count). The number of rotatable bonds is 3. The number of benzene rings is 1. The average Bonchev–Trinajstić information content (AvgIpc) is 2.93. The number of carbonyl (C=O) groups excluding carboxylic acids is 2. The van der Waals surface area contributed by atoms with Crippen LogP contribution < -0.4 is 20.0 Å². The second-order valence-electron chi connectivity index (χ2n) is 12.3. The molecule has 2 aliphatic heterocycles. The molecule has 3 unspecified atom stereocenters. The van der Waals surface area contributed by atoms with Gasteiger partial charge in [0.05, 0.1) is 28.9 Å². The van der Waals surface area contributed by atoms with E-state index in [-0.39, 0.29) is 18.0 Å². The Morgan fingerprint density at radius 2 is 1.64 bits per heavy atom. The molecular formula is C30H38N6O3. The summed E-state index contributed by atoms with van der Waals surface area (Å²) in [6.45, 7) is 5.94. The molecule has 3 heterocycles. The molecule has 4 bridgehead atoms. The molecule has 0 radical (unpaired) electrons. The van der Waals surface area contributed by atoms with Gasteiger partial charge in [-0.3, -0.25) is 9.69 Å². The standard InChI is InChI=1S/C30H38N6O3/c1-20(37)33-8-10-34(11-9-33)24-6-7-27(31-19-24)35-12-13-36(26-5-3-2-4-25(26)35)29(38)32-28-22-14-21-15-23(28)18-30(39,16-21)17-22/h2-7,19,21-23,28,39H,8-18H2,1H3,(H,32,38)/t21?,22-,23+,28?,30?.